The summed E-state index contributed by atoms with van der Waals surface area (Å²) in [6, 6.07) is 0. The summed E-state index contributed by atoms with van der Waals surface area (Å²) in [5.41, 5.74) is 4.52. The van der Waals surface area contributed by atoms with E-state index in [1.165, 1.54) is 56.9 Å². The SMILES string of the molecule is C=C1C=C2[C@]3(CC[C@H](C)[C@@]2(C)[C@H]2[C@@H]1C2(C)C)CCC1(CCCC1)[C@@H]3CO. The van der Waals surface area contributed by atoms with Gasteiger partial charge in [0.05, 0.1) is 0 Å². The predicted molar refractivity (Wildman–Crippen MR) is 108 cm³/mol. The summed E-state index contributed by atoms with van der Waals surface area (Å²) >= 11 is 0. The summed E-state index contributed by atoms with van der Waals surface area (Å²) in [7, 11) is 0. The molecule has 0 aromatic heterocycles. The molecular weight excluding hydrogens is 316 g/mol. The van der Waals surface area contributed by atoms with Gasteiger partial charge in [-0.25, -0.2) is 0 Å². The molecule has 0 bridgehead atoms. The molecule has 4 fully saturated rings. The molecule has 144 valence electrons. The highest BCUT2D eigenvalue weighted by molar-refractivity contribution is 5.48. The second kappa shape index (κ2) is 5.07. The van der Waals surface area contributed by atoms with Gasteiger partial charge in [0.15, 0.2) is 0 Å². The molecule has 0 unspecified atom stereocenters. The Kier molecular flexibility index (Phi) is 3.42. The number of allylic oxidation sites excluding steroid dienone is 3. The molecule has 0 amide bonds. The van der Waals surface area contributed by atoms with Crippen LogP contribution in [0.15, 0.2) is 23.8 Å². The molecule has 2 spiro atoms. The fourth-order valence-electron chi connectivity index (χ4n) is 9.28. The zero-order chi connectivity index (χ0) is 18.5. The van der Waals surface area contributed by atoms with Crippen LogP contribution < -0.4 is 0 Å². The van der Waals surface area contributed by atoms with Crippen molar-refractivity contribution in [3.63, 3.8) is 0 Å². The lowest BCUT2D eigenvalue weighted by atomic mass is 9.47. The van der Waals surface area contributed by atoms with Crippen molar-refractivity contribution in [1.82, 2.24) is 0 Å². The van der Waals surface area contributed by atoms with Crippen LogP contribution in [0.3, 0.4) is 0 Å². The van der Waals surface area contributed by atoms with Crippen molar-refractivity contribution in [3.8, 4) is 0 Å². The molecule has 5 aliphatic rings. The van der Waals surface area contributed by atoms with Crippen LogP contribution in [0.25, 0.3) is 0 Å². The van der Waals surface area contributed by atoms with Crippen molar-refractivity contribution in [3.05, 3.63) is 23.8 Å². The minimum Gasteiger partial charge on any atom is -0.396 e. The Hall–Kier alpha value is -0.560. The summed E-state index contributed by atoms with van der Waals surface area (Å²) in [6.07, 6.45) is 13.3. The van der Waals surface area contributed by atoms with E-state index in [-0.39, 0.29) is 5.41 Å². The van der Waals surface area contributed by atoms with Gasteiger partial charge in [0, 0.05) is 6.61 Å². The van der Waals surface area contributed by atoms with E-state index in [0.717, 1.165) is 11.8 Å². The first kappa shape index (κ1) is 17.5. The van der Waals surface area contributed by atoms with Crippen LogP contribution in [0.2, 0.25) is 0 Å². The van der Waals surface area contributed by atoms with Crippen LogP contribution in [0, 0.1) is 45.3 Å². The molecule has 1 N–H and O–H groups in total. The molecule has 6 atom stereocenters. The molecule has 1 nitrogen and oxygen atoms in total. The van der Waals surface area contributed by atoms with E-state index in [0.29, 0.717) is 34.7 Å². The molecule has 0 radical (unpaired) electrons. The minimum atomic E-state index is 0.257. The quantitative estimate of drug-likeness (QED) is 0.599. The number of aliphatic hydroxyl groups excluding tert-OH is 1. The fraction of sp³-hybridized carbons (Fsp3) is 0.840. The highest BCUT2D eigenvalue weighted by atomic mass is 16.3. The number of hydrogen-bond donors (Lipinski definition) is 1. The lowest BCUT2D eigenvalue weighted by molar-refractivity contribution is -0.00328. The van der Waals surface area contributed by atoms with Crippen molar-refractivity contribution in [2.75, 3.05) is 6.61 Å². The van der Waals surface area contributed by atoms with E-state index in [9.17, 15) is 5.11 Å². The molecule has 0 aliphatic heterocycles. The summed E-state index contributed by atoms with van der Waals surface area (Å²) in [5.74, 6) is 2.68. The third-order valence-electron chi connectivity index (χ3n) is 10.6. The van der Waals surface area contributed by atoms with E-state index >= 15 is 0 Å². The molecule has 0 heterocycles. The maximum atomic E-state index is 10.6. The van der Waals surface area contributed by atoms with Crippen LogP contribution >= 0.6 is 0 Å². The van der Waals surface area contributed by atoms with Gasteiger partial charge in [-0.2, -0.15) is 0 Å². The fourth-order valence-corrected chi connectivity index (χ4v) is 9.28. The van der Waals surface area contributed by atoms with Crippen molar-refractivity contribution >= 4 is 0 Å². The van der Waals surface area contributed by atoms with Gasteiger partial charge in [0.25, 0.3) is 0 Å². The van der Waals surface area contributed by atoms with Gasteiger partial charge in [-0.3, -0.25) is 0 Å². The molecule has 0 aromatic carbocycles. The molecule has 26 heavy (non-hydrogen) atoms. The average molecular weight is 355 g/mol. The Bertz CT molecular complexity index is 678. The van der Waals surface area contributed by atoms with Crippen LogP contribution in [-0.2, 0) is 0 Å². The minimum absolute atomic E-state index is 0.257. The second-order valence-electron chi connectivity index (χ2n) is 11.6. The Morgan fingerprint density at radius 1 is 1.08 bits per heavy atom. The zero-order valence-corrected chi connectivity index (χ0v) is 17.4. The third-order valence-corrected chi connectivity index (χ3v) is 10.6. The smallest absolute Gasteiger partial charge is 0.0473 e. The number of hydrogen-bond acceptors (Lipinski definition) is 1. The van der Waals surface area contributed by atoms with Gasteiger partial charge in [-0.05, 0) is 83.9 Å². The molecule has 1 heteroatoms. The molecule has 0 aromatic rings. The van der Waals surface area contributed by atoms with Gasteiger partial charge in [-0.1, -0.05) is 64.3 Å². The maximum Gasteiger partial charge on any atom is 0.0473 e. The first-order valence-corrected chi connectivity index (χ1v) is 11.3. The van der Waals surface area contributed by atoms with Crippen LogP contribution in [-0.4, -0.2) is 11.7 Å². The lowest BCUT2D eigenvalue weighted by Gasteiger charge is -2.57. The van der Waals surface area contributed by atoms with Crippen LogP contribution in [0.4, 0.5) is 0 Å². The van der Waals surface area contributed by atoms with Crippen molar-refractivity contribution in [1.29, 1.82) is 0 Å². The van der Waals surface area contributed by atoms with E-state index in [1.54, 1.807) is 5.57 Å². The zero-order valence-electron chi connectivity index (χ0n) is 17.4. The van der Waals surface area contributed by atoms with E-state index < -0.39 is 0 Å². The monoisotopic (exact) mass is 354 g/mol. The number of fused-ring (bicyclic) bond motifs is 4. The van der Waals surface area contributed by atoms with Gasteiger partial charge >= 0.3 is 0 Å². The van der Waals surface area contributed by atoms with Crippen LogP contribution in [0.1, 0.15) is 79.1 Å². The Morgan fingerprint density at radius 3 is 2.42 bits per heavy atom. The van der Waals surface area contributed by atoms with Crippen molar-refractivity contribution < 1.29 is 5.11 Å². The first-order chi connectivity index (χ1) is 12.2. The Morgan fingerprint density at radius 2 is 1.77 bits per heavy atom. The van der Waals surface area contributed by atoms with Crippen LogP contribution in [0.5, 0.6) is 0 Å². The summed E-state index contributed by atoms with van der Waals surface area (Å²) < 4.78 is 0. The van der Waals surface area contributed by atoms with Crippen molar-refractivity contribution in [2.45, 2.75) is 79.1 Å². The molecule has 4 saturated carbocycles. The van der Waals surface area contributed by atoms with Crippen molar-refractivity contribution in [2.24, 2.45) is 45.3 Å². The highest BCUT2D eigenvalue weighted by Crippen LogP contribution is 2.80. The summed E-state index contributed by atoms with van der Waals surface area (Å²) in [5, 5.41) is 10.6. The predicted octanol–water partition coefficient (Wildman–Crippen LogP) is 6.14. The van der Waals surface area contributed by atoms with Gasteiger partial charge in [0.2, 0.25) is 0 Å². The highest BCUT2D eigenvalue weighted by Gasteiger charge is 2.73. The molecule has 5 aliphatic carbocycles. The van der Waals surface area contributed by atoms with Gasteiger partial charge in [0.1, 0.15) is 0 Å². The van der Waals surface area contributed by atoms with Gasteiger partial charge < -0.3 is 5.11 Å². The number of aliphatic hydroxyl groups is 1. The standard InChI is InChI=1S/C25H38O/c1-16-14-18-23(5,21-20(16)22(21,3)4)17(2)8-11-25(18)13-12-24(19(25)15-26)9-6-7-10-24/h14,17,19-21,26H,1,6-13,15H2,2-5H3/t17-,19-,20+,21-,23+,25-/m0/s1. The summed E-state index contributed by atoms with van der Waals surface area (Å²) in [4.78, 5) is 0. The summed E-state index contributed by atoms with van der Waals surface area (Å²) in [6.45, 7) is 15.0. The Balaban J connectivity index is 1.65. The van der Waals surface area contributed by atoms with E-state index in [1.807, 2.05) is 0 Å². The number of rotatable bonds is 1. The third kappa shape index (κ3) is 1.78. The average Bonchev–Trinajstić information content (AvgIpc) is 2.92. The topological polar surface area (TPSA) is 20.2 Å². The largest absolute Gasteiger partial charge is 0.396 e. The molecule has 5 rings (SSSR count). The van der Waals surface area contributed by atoms with E-state index in [4.69, 9.17) is 0 Å². The first-order valence-electron chi connectivity index (χ1n) is 11.3. The second-order valence-corrected chi connectivity index (χ2v) is 11.6. The molecule has 0 saturated heterocycles. The van der Waals surface area contributed by atoms with E-state index in [2.05, 4.69) is 40.3 Å². The normalized spacial score (nSPS) is 50.7. The van der Waals surface area contributed by atoms with Gasteiger partial charge in [-0.15, -0.1) is 0 Å². The maximum absolute atomic E-state index is 10.6. The lowest BCUT2D eigenvalue weighted by Crippen LogP contribution is -2.50. The Labute approximate surface area is 160 Å². The molecular formula is C25H38O.